The predicted molar refractivity (Wildman–Crippen MR) is 123 cm³/mol. The third kappa shape index (κ3) is 5.40. The van der Waals surface area contributed by atoms with Crippen molar-refractivity contribution >= 4 is 35.4 Å². The maximum absolute atomic E-state index is 12.5. The van der Waals surface area contributed by atoms with E-state index in [4.69, 9.17) is 13.9 Å². The molecule has 1 amide bonds. The molecule has 2 aromatic carbocycles. The number of nitrogens with one attached hydrogen (secondary N) is 1. The maximum atomic E-state index is 12.5. The number of nitroso groups, excluding NO2 is 1. The van der Waals surface area contributed by atoms with E-state index >= 15 is 0 Å². The van der Waals surface area contributed by atoms with Crippen molar-refractivity contribution in [3.63, 3.8) is 0 Å². The SMILES string of the molecule is CCOC(=O)c1cc(NC(=O)c2ccccc2)c(=O)oc1/C=C/c1c(N=O)cccc1OC. The van der Waals surface area contributed by atoms with Crippen molar-refractivity contribution in [2.24, 2.45) is 5.18 Å². The Balaban J connectivity index is 2.04. The number of amides is 1. The quantitative estimate of drug-likeness (QED) is 0.393. The van der Waals surface area contributed by atoms with Crippen molar-refractivity contribution in [1.82, 2.24) is 0 Å². The van der Waals surface area contributed by atoms with Crippen LogP contribution in [0.15, 0.2) is 69.0 Å². The van der Waals surface area contributed by atoms with E-state index in [0.717, 1.165) is 0 Å². The van der Waals surface area contributed by atoms with Crippen LogP contribution in [-0.4, -0.2) is 25.6 Å². The summed E-state index contributed by atoms with van der Waals surface area (Å²) in [7, 11) is 1.43. The molecular weight excluding hydrogens is 428 g/mol. The summed E-state index contributed by atoms with van der Waals surface area (Å²) in [5, 5.41) is 5.41. The highest BCUT2D eigenvalue weighted by atomic mass is 16.5. The van der Waals surface area contributed by atoms with E-state index in [1.165, 1.54) is 31.4 Å². The highest BCUT2D eigenvalue weighted by molar-refractivity contribution is 6.05. The summed E-state index contributed by atoms with van der Waals surface area (Å²) in [6.07, 6.45) is 2.75. The van der Waals surface area contributed by atoms with E-state index in [-0.39, 0.29) is 29.3 Å². The van der Waals surface area contributed by atoms with Crippen molar-refractivity contribution in [3.05, 3.63) is 92.4 Å². The number of carbonyl (C=O) groups excluding carboxylic acids is 2. The molecule has 0 aliphatic heterocycles. The maximum Gasteiger partial charge on any atom is 0.360 e. The standard InChI is InChI=1S/C24H20N2O7/c1-3-32-23(28)17-14-19(25-22(27)15-8-5-4-6-9-15)24(29)33-21(17)13-12-16-18(26-30)10-7-11-20(16)31-2/h4-14H,3H2,1-2H3,(H,25,27)/b13-12+. The summed E-state index contributed by atoms with van der Waals surface area (Å²) in [5.74, 6) is -1.07. The van der Waals surface area contributed by atoms with E-state index in [9.17, 15) is 19.3 Å². The Morgan fingerprint density at radius 2 is 1.85 bits per heavy atom. The van der Waals surface area contributed by atoms with Crippen molar-refractivity contribution in [3.8, 4) is 5.75 Å². The number of anilines is 1. The van der Waals surface area contributed by atoms with Crippen LogP contribution >= 0.6 is 0 Å². The fourth-order valence-electron chi connectivity index (χ4n) is 2.96. The molecule has 1 aromatic heterocycles. The molecule has 0 fully saturated rings. The van der Waals surface area contributed by atoms with Crippen molar-refractivity contribution in [2.75, 3.05) is 19.0 Å². The van der Waals surface area contributed by atoms with Crippen LogP contribution in [0.4, 0.5) is 11.4 Å². The molecule has 168 valence electrons. The molecule has 0 radical (unpaired) electrons. The van der Waals surface area contributed by atoms with Crippen molar-refractivity contribution in [1.29, 1.82) is 0 Å². The summed E-state index contributed by atoms with van der Waals surface area (Å²) >= 11 is 0. The van der Waals surface area contributed by atoms with Crippen LogP contribution in [0.5, 0.6) is 5.75 Å². The van der Waals surface area contributed by atoms with Crippen LogP contribution in [0.2, 0.25) is 0 Å². The molecule has 0 bridgehead atoms. The summed E-state index contributed by atoms with van der Waals surface area (Å²) in [5.41, 5.74) is -0.446. The van der Waals surface area contributed by atoms with Crippen LogP contribution < -0.4 is 15.7 Å². The van der Waals surface area contributed by atoms with Gasteiger partial charge in [0.2, 0.25) is 0 Å². The number of nitrogens with zero attached hydrogens (tertiary/aromatic N) is 1. The molecule has 0 aliphatic rings. The van der Waals surface area contributed by atoms with E-state index in [0.29, 0.717) is 16.9 Å². The third-order valence-corrected chi connectivity index (χ3v) is 4.52. The molecule has 0 atom stereocenters. The Hall–Kier alpha value is -4.53. The first-order chi connectivity index (χ1) is 16.0. The number of methoxy groups -OCH3 is 1. The minimum atomic E-state index is -0.874. The molecule has 9 nitrogen and oxygen atoms in total. The largest absolute Gasteiger partial charge is 0.496 e. The first kappa shape index (κ1) is 23.1. The van der Waals surface area contributed by atoms with Gasteiger partial charge in [-0.25, -0.2) is 9.59 Å². The van der Waals surface area contributed by atoms with E-state index < -0.39 is 17.5 Å². The second-order valence-corrected chi connectivity index (χ2v) is 6.58. The zero-order valence-electron chi connectivity index (χ0n) is 17.9. The summed E-state index contributed by atoms with van der Waals surface area (Å²) in [6, 6.07) is 14.1. The van der Waals surface area contributed by atoms with Gasteiger partial charge >= 0.3 is 11.6 Å². The molecule has 1 heterocycles. The number of benzene rings is 2. The van der Waals surface area contributed by atoms with Gasteiger partial charge in [-0.15, -0.1) is 4.91 Å². The highest BCUT2D eigenvalue weighted by Crippen LogP contribution is 2.31. The Morgan fingerprint density at radius 1 is 1.09 bits per heavy atom. The summed E-state index contributed by atoms with van der Waals surface area (Å²) in [4.78, 5) is 48.6. The topological polar surface area (TPSA) is 124 Å². The lowest BCUT2D eigenvalue weighted by Crippen LogP contribution is -2.20. The minimum Gasteiger partial charge on any atom is -0.496 e. The van der Waals surface area contributed by atoms with Gasteiger partial charge in [0.25, 0.3) is 5.91 Å². The number of esters is 1. The predicted octanol–water partition coefficient (Wildman–Crippen LogP) is 4.65. The van der Waals surface area contributed by atoms with Crippen LogP contribution in [0.1, 0.15) is 39.0 Å². The van der Waals surface area contributed by atoms with Gasteiger partial charge in [-0.05, 0) is 54.6 Å². The molecule has 0 aliphatic carbocycles. The van der Waals surface area contributed by atoms with Gasteiger partial charge in [0, 0.05) is 11.1 Å². The minimum absolute atomic E-state index is 0.0819. The smallest absolute Gasteiger partial charge is 0.360 e. The Kier molecular flexibility index (Phi) is 7.48. The van der Waals surface area contributed by atoms with Gasteiger partial charge in [-0.3, -0.25) is 4.79 Å². The van der Waals surface area contributed by atoms with Gasteiger partial charge in [0.15, 0.2) is 0 Å². The monoisotopic (exact) mass is 448 g/mol. The lowest BCUT2D eigenvalue weighted by molar-refractivity contribution is 0.0522. The average molecular weight is 448 g/mol. The van der Waals surface area contributed by atoms with Gasteiger partial charge in [-0.2, -0.15) is 0 Å². The number of hydrogen-bond acceptors (Lipinski definition) is 8. The first-order valence-corrected chi connectivity index (χ1v) is 9.88. The molecule has 3 rings (SSSR count). The van der Waals surface area contributed by atoms with Crippen LogP contribution in [0.25, 0.3) is 12.2 Å². The zero-order chi connectivity index (χ0) is 23.8. The Morgan fingerprint density at radius 3 is 2.52 bits per heavy atom. The molecule has 0 saturated heterocycles. The molecule has 3 aromatic rings. The Bertz CT molecular complexity index is 1260. The van der Waals surface area contributed by atoms with E-state index in [1.807, 2.05) is 0 Å². The number of rotatable bonds is 8. The first-order valence-electron chi connectivity index (χ1n) is 9.88. The fraction of sp³-hybridized carbons (Fsp3) is 0.125. The van der Waals surface area contributed by atoms with E-state index in [1.54, 1.807) is 49.4 Å². The summed E-state index contributed by atoms with van der Waals surface area (Å²) < 4.78 is 15.6. The van der Waals surface area contributed by atoms with E-state index in [2.05, 4.69) is 10.5 Å². The molecule has 0 unspecified atom stereocenters. The van der Waals surface area contributed by atoms with Gasteiger partial charge in [0.05, 0.1) is 13.7 Å². The second-order valence-electron chi connectivity index (χ2n) is 6.58. The van der Waals surface area contributed by atoms with Gasteiger partial charge in [-0.1, -0.05) is 24.3 Å². The molecule has 1 N–H and O–H groups in total. The Labute approximate surface area is 188 Å². The number of ether oxygens (including phenoxy) is 2. The van der Waals surface area contributed by atoms with Gasteiger partial charge < -0.3 is 19.2 Å². The van der Waals surface area contributed by atoms with Crippen LogP contribution in [0.3, 0.4) is 0 Å². The van der Waals surface area contributed by atoms with Crippen molar-refractivity contribution in [2.45, 2.75) is 6.92 Å². The summed E-state index contributed by atoms with van der Waals surface area (Å²) in [6.45, 7) is 1.71. The molecule has 9 heteroatoms. The molecule has 0 spiro atoms. The third-order valence-electron chi connectivity index (χ3n) is 4.52. The van der Waals surface area contributed by atoms with Crippen LogP contribution in [-0.2, 0) is 4.74 Å². The second kappa shape index (κ2) is 10.7. The number of carbonyl (C=O) groups is 2. The molecule has 0 saturated carbocycles. The van der Waals surface area contributed by atoms with Crippen molar-refractivity contribution < 1.29 is 23.5 Å². The average Bonchev–Trinajstić information content (AvgIpc) is 2.84. The lowest BCUT2D eigenvalue weighted by Gasteiger charge is -2.09. The zero-order valence-corrected chi connectivity index (χ0v) is 17.9. The number of hydrogen-bond donors (Lipinski definition) is 1. The molecule has 33 heavy (non-hydrogen) atoms. The fourth-order valence-corrected chi connectivity index (χ4v) is 2.96. The molecular formula is C24H20N2O7. The highest BCUT2D eigenvalue weighted by Gasteiger charge is 2.19. The van der Waals surface area contributed by atoms with Gasteiger partial charge in [0.1, 0.15) is 28.4 Å². The van der Waals surface area contributed by atoms with Crippen LogP contribution in [0, 0.1) is 4.91 Å². The normalized spacial score (nSPS) is 10.6. The lowest BCUT2D eigenvalue weighted by atomic mass is 10.1.